The molecule has 1 aliphatic carbocycles. The van der Waals surface area contributed by atoms with Crippen LogP contribution in [0.3, 0.4) is 0 Å². The highest BCUT2D eigenvalue weighted by atomic mass is 32.2. The lowest BCUT2D eigenvalue weighted by Gasteiger charge is -2.25. The van der Waals surface area contributed by atoms with Gasteiger partial charge in [-0.15, -0.1) is 5.10 Å². The number of allylic oxidation sites excluding steroid dienone is 1. The average molecular weight is 498 g/mol. The van der Waals surface area contributed by atoms with E-state index < -0.39 is 10.0 Å². The summed E-state index contributed by atoms with van der Waals surface area (Å²) < 4.78 is 28.8. The highest BCUT2D eigenvalue weighted by Crippen LogP contribution is 2.36. The second-order valence-electron chi connectivity index (χ2n) is 7.86. The van der Waals surface area contributed by atoms with Crippen molar-refractivity contribution in [3.05, 3.63) is 29.3 Å². The maximum atomic E-state index is 12.7. The molecule has 1 aromatic carbocycles. The van der Waals surface area contributed by atoms with Crippen LogP contribution in [-0.4, -0.2) is 51.9 Å². The Hall–Kier alpha value is -2.20. The molecule has 2 aliphatic rings. The Kier molecular flexibility index (Phi) is 8.69. The molecule has 1 aliphatic heterocycles. The van der Waals surface area contributed by atoms with Crippen LogP contribution in [0.5, 0.6) is 0 Å². The van der Waals surface area contributed by atoms with E-state index >= 15 is 0 Å². The summed E-state index contributed by atoms with van der Waals surface area (Å²) in [6.07, 6.45) is 5.00. The Morgan fingerprint density at radius 2 is 2.09 bits per heavy atom. The number of primary sulfonamides is 1. The third-order valence-electron chi connectivity index (χ3n) is 5.48. The molecule has 3 rings (SSSR count). The number of rotatable bonds is 9. The summed E-state index contributed by atoms with van der Waals surface area (Å²) in [5.74, 6) is 4.95. The van der Waals surface area contributed by atoms with Crippen LogP contribution in [-0.2, 0) is 14.8 Å². The first-order valence-corrected chi connectivity index (χ1v) is 12.9. The van der Waals surface area contributed by atoms with Gasteiger partial charge in [-0.2, -0.15) is 0 Å². The van der Waals surface area contributed by atoms with Gasteiger partial charge in [0.1, 0.15) is 4.90 Å². The molecule has 0 radical (unpaired) electrons. The molecule has 182 valence electrons. The predicted molar refractivity (Wildman–Crippen MR) is 129 cm³/mol. The number of nitrogens with two attached hydrogens (primary N) is 4. The van der Waals surface area contributed by atoms with E-state index in [0.717, 1.165) is 37.9 Å². The second kappa shape index (κ2) is 11.3. The third kappa shape index (κ3) is 6.44. The van der Waals surface area contributed by atoms with Crippen LogP contribution in [0.4, 0.5) is 0 Å². The molecule has 12 N–H and O–H groups in total. The molecular formula is C19H31N9O3S2. The number of carbonyl (C=O) groups excluding carboxylic acids is 1. The SMILES string of the molecule is NCC(=O)NC1C=C(c2ccc(SNC3CCNC3)c(S(N)(=O)=O)c2/C(N)=N/NN)CCC1. The highest BCUT2D eigenvalue weighted by Gasteiger charge is 2.28. The summed E-state index contributed by atoms with van der Waals surface area (Å²) in [6, 6.07) is 3.45. The van der Waals surface area contributed by atoms with Crippen LogP contribution in [0, 0.1) is 0 Å². The molecule has 0 saturated carbocycles. The van der Waals surface area contributed by atoms with Crippen molar-refractivity contribution in [1.29, 1.82) is 0 Å². The minimum absolute atomic E-state index is 0.113. The zero-order valence-corrected chi connectivity index (χ0v) is 19.8. The van der Waals surface area contributed by atoms with Gasteiger partial charge >= 0.3 is 0 Å². The number of benzene rings is 1. The quantitative estimate of drug-likeness (QED) is 0.0641. The Labute approximate surface area is 197 Å². The molecule has 0 aromatic heterocycles. The first kappa shape index (κ1) is 25.4. The number of hydrazone groups is 1. The Bertz CT molecular complexity index is 1040. The van der Waals surface area contributed by atoms with Crippen molar-refractivity contribution in [3.8, 4) is 0 Å². The summed E-state index contributed by atoms with van der Waals surface area (Å²) in [5, 5.41) is 15.6. The first-order chi connectivity index (χ1) is 15.7. The number of nitrogens with zero attached hydrogens (tertiary/aromatic N) is 1. The molecule has 2 unspecified atom stereocenters. The number of hydrogen-bond acceptors (Lipinski definition) is 10. The van der Waals surface area contributed by atoms with Crippen LogP contribution < -0.4 is 43.3 Å². The van der Waals surface area contributed by atoms with E-state index in [1.54, 1.807) is 12.1 Å². The summed E-state index contributed by atoms with van der Waals surface area (Å²) >= 11 is 1.19. The van der Waals surface area contributed by atoms with E-state index in [1.165, 1.54) is 11.9 Å². The number of nitrogens with one attached hydrogen (secondary N) is 4. The summed E-state index contributed by atoms with van der Waals surface area (Å²) in [6.45, 7) is 1.56. The van der Waals surface area contributed by atoms with Crippen molar-refractivity contribution in [2.24, 2.45) is 27.6 Å². The zero-order valence-electron chi connectivity index (χ0n) is 18.1. The van der Waals surface area contributed by atoms with Gasteiger partial charge < -0.3 is 22.1 Å². The first-order valence-electron chi connectivity index (χ1n) is 10.6. The lowest BCUT2D eigenvalue weighted by atomic mass is 9.88. The fourth-order valence-corrected chi connectivity index (χ4v) is 6.15. The van der Waals surface area contributed by atoms with Gasteiger partial charge in [-0.3, -0.25) is 9.52 Å². The third-order valence-corrected chi connectivity index (χ3v) is 7.62. The Morgan fingerprint density at radius 1 is 1.30 bits per heavy atom. The molecule has 2 atom stereocenters. The standard InChI is InChI=1S/C19H31N9O3S2/c20-9-16(29)25-12-3-1-2-11(8-12)14-4-5-15(32-27-13-6-7-24-10-13)18(33(23,30)31)17(14)19(21)26-28-22/h4-5,8,12-13,24,27-28H,1-3,6-7,9-10,20,22H2,(H2,21,26)(H,25,29)(H2,23,30,31). The largest absolute Gasteiger partial charge is 0.382 e. The van der Waals surface area contributed by atoms with E-state index in [1.807, 2.05) is 6.08 Å². The van der Waals surface area contributed by atoms with Crippen LogP contribution in [0.25, 0.3) is 5.57 Å². The second-order valence-corrected chi connectivity index (χ2v) is 10.2. The fourth-order valence-electron chi connectivity index (χ4n) is 4.00. The normalized spacial score (nSPS) is 21.5. The van der Waals surface area contributed by atoms with Crippen molar-refractivity contribution in [1.82, 2.24) is 20.9 Å². The molecule has 1 saturated heterocycles. The van der Waals surface area contributed by atoms with Crippen molar-refractivity contribution in [3.63, 3.8) is 0 Å². The van der Waals surface area contributed by atoms with E-state index in [2.05, 4.69) is 26.0 Å². The number of sulfonamides is 1. The topological polar surface area (TPSA) is 216 Å². The molecule has 0 bridgehead atoms. The summed E-state index contributed by atoms with van der Waals surface area (Å²) in [4.78, 5) is 12.0. The van der Waals surface area contributed by atoms with Gasteiger partial charge in [-0.05, 0) is 61.4 Å². The van der Waals surface area contributed by atoms with E-state index in [4.69, 9.17) is 22.4 Å². The maximum Gasteiger partial charge on any atom is 0.239 e. The highest BCUT2D eigenvalue weighted by molar-refractivity contribution is 7.98. The maximum absolute atomic E-state index is 12.7. The van der Waals surface area contributed by atoms with E-state index in [0.29, 0.717) is 16.9 Å². The smallest absolute Gasteiger partial charge is 0.239 e. The van der Waals surface area contributed by atoms with Crippen LogP contribution in [0.2, 0.25) is 0 Å². The van der Waals surface area contributed by atoms with Crippen molar-refractivity contribution in [2.45, 2.75) is 47.6 Å². The average Bonchev–Trinajstić information content (AvgIpc) is 3.30. The zero-order chi connectivity index (χ0) is 24.0. The van der Waals surface area contributed by atoms with Gasteiger partial charge in [-0.25, -0.2) is 24.9 Å². The van der Waals surface area contributed by atoms with E-state index in [-0.39, 0.29) is 40.8 Å². The number of amides is 1. The molecule has 33 heavy (non-hydrogen) atoms. The van der Waals surface area contributed by atoms with Gasteiger partial charge in [0.25, 0.3) is 0 Å². The molecule has 1 aromatic rings. The van der Waals surface area contributed by atoms with Crippen molar-refractivity contribution < 1.29 is 13.2 Å². The monoisotopic (exact) mass is 497 g/mol. The molecular weight excluding hydrogens is 466 g/mol. The van der Waals surface area contributed by atoms with Gasteiger partial charge in [0.15, 0.2) is 5.84 Å². The minimum atomic E-state index is -4.19. The van der Waals surface area contributed by atoms with Crippen molar-refractivity contribution in [2.75, 3.05) is 19.6 Å². The molecule has 14 heteroatoms. The van der Waals surface area contributed by atoms with Crippen molar-refractivity contribution >= 4 is 39.3 Å². The number of carbonyl (C=O) groups is 1. The van der Waals surface area contributed by atoms with E-state index in [9.17, 15) is 13.2 Å². The van der Waals surface area contributed by atoms with Crippen LogP contribution in [0.15, 0.2) is 33.1 Å². The molecule has 1 amide bonds. The molecule has 1 fully saturated rings. The Balaban J connectivity index is 2.09. The van der Waals surface area contributed by atoms with Gasteiger partial charge in [0, 0.05) is 29.1 Å². The summed E-state index contributed by atoms with van der Waals surface area (Å²) in [5.41, 5.74) is 15.3. The van der Waals surface area contributed by atoms with Crippen LogP contribution in [0.1, 0.15) is 36.8 Å². The fraction of sp³-hybridized carbons (Fsp3) is 0.474. The molecule has 1 heterocycles. The van der Waals surface area contributed by atoms with Crippen LogP contribution >= 0.6 is 11.9 Å². The van der Waals surface area contributed by atoms with Gasteiger partial charge in [0.05, 0.1) is 6.54 Å². The number of hydrogen-bond donors (Lipinski definition) is 8. The number of amidine groups is 1. The van der Waals surface area contributed by atoms with Gasteiger partial charge in [-0.1, -0.05) is 12.1 Å². The molecule has 12 nitrogen and oxygen atoms in total. The predicted octanol–water partition coefficient (Wildman–Crippen LogP) is -1.61. The lowest BCUT2D eigenvalue weighted by molar-refractivity contribution is -0.120. The van der Waals surface area contributed by atoms with Gasteiger partial charge in [0.2, 0.25) is 15.9 Å². The Morgan fingerprint density at radius 3 is 2.73 bits per heavy atom. The molecule has 0 spiro atoms. The summed E-state index contributed by atoms with van der Waals surface area (Å²) in [7, 11) is -4.19. The minimum Gasteiger partial charge on any atom is -0.382 e. The lowest BCUT2D eigenvalue weighted by Crippen LogP contribution is -2.38. The number of hydrazine groups is 1.